The third kappa shape index (κ3) is 4.01. The number of halogens is 1. The SMILES string of the molecule is Cc1ccc(F)cc1NC(=O)CSc1nc2c(-c3ccccc3)csc2c(=O)n1C. The van der Waals surface area contributed by atoms with Gasteiger partial charge in [-0.15, -0.1) is 11.3 Å². The van der Waals surface area contributed by atoms with Crippen LogP contribution in [-0.4, -0.2) is 21.2 Å². The minimum Gasteiger partial charge on any atom is -0.325 e. The standard InChI is InChI=1S/C22H18FN3O2S2/c1-13-8-9-15(23)10-17(13)24-18(27)12-30-22-25-19-16(14-6-4-3-5-7-14)11-29-20(19)21(28)26(22)2/h3-11H,12H2,1-2H3,(H,24,27). The molecule has 5 nitrogen and oxygen atoms in total. The van der Waals surface area contributed by atoms with Gasteiger partial charge in [-0.05, 0) is 30.2 Å². The molecule has 0 aliphatic heterocycles. The van der Waals surface area contributed by atoms with Crippen molar-refractivity contribution < 1.29 is 9.18 Å². The Balaban J connectivity index is 1.59. The van der Waals surface area contributed by atoms with Gasteiger partial charge in [-0.2, -0.15) is 0 Å². The third-order valence-electron chi connectivity index (χ3n) is 4.65. The van der Waals surface area contributed by atoms with Gasteiger partial charge in [0.05, 0.1) is 11.3 Å². The molecule has 2 heterocycles. The molecule has 2 aromatic carbocycles. The van der Waals surface area contributed by atoms with Crippen LogP contribution in [0.2, 0.25) is 0 Å². The summed E-state index contributed by atoms with van der Waals surface area (Å²) < 4.78 is 15.5. The van der Waals surface area contributed by atoms with Gasteiger partial charge in [0, 0.05) is 23.7 Å². The summed E-state index contributed by atoms with van der Waals surface area (Å²) >= 11 is 2.54. The first-order valence-corrected chi connectivity index (χ1v) is 11.0. The molecule has 0 atom stereocenters. The first-order valence-electron chi connectivity index (χ1n) is 9.16. The molecule has 0 unspecified atom stereocenters. The zero-order chi connectivity index (χ0) is 21.3. The smallest absolute Gasteiger partial charge is 0.271 e. The second-order valence-corrected chi connectivity index (χ2v) is 8.57. The summed E-state index contributed by atoms with van der Waals surface area (Å²) in [4.78, 5) is 29.8. The fourth-order valence-corrected chi connectivity index (χ4v) is 4.77. The molecule has 0 saturated carbocycles. The Labute approximate surface area is 180 Å². The Morgan fingerprint density at radius 2 is 2.00 bits per heavy atom. The van der Waals surface area contributed by atoms with Crippen LogP contribution in [0.4, 0.5) is 10.1 Å². The second-order valence-electron chi connectivity index (χ2n) is 6.75. The largest absolute Gasteiger partial charge is 0.325 e. The van der Waals surface area contributed by atoms with E-state index < -0.39 is 5.82 Å². The lowest BCUT2D eigenvalue weighted by Gasteiger charge is -2.10. The van der Waals surface area contributed by atoms with E-state index in [1.54, 1.807) is 20.0 Å². The summed E-state index contributed by atoms with van der Waals surface area (Å²) in [5.74, 6) is -0.660. The number of hydrogen-bond donors (Lipinski definition) is 1. The molecule has 8 heteroatoms. The Hall–Kier alpha value is -2.97. The van der Waals surface area contributed by atoms with Crippen LogP contribution in [0.3, 0.4) is 0 Å². The number of thiophene rings is 1. The predicted molar refractivity (Wildman–Crippen MR) is 121 cm³/mol. The van der Waals surface area contributed by atoms with Gasteiger partial charge in [0.25, 0.3) is 5.56 Å². The van der Waals surface area contributed by atoms with Crippen molar-refractivity contribution in [2.75, 3.05) is 11.1 Å². The molecule has 0 aliphatic rings. The third-order valence-corrected chi connectivity index (χ3v) is 6.64. The number of amides is 1. The first kappa shape index (κ1) is 20.3. The van der Waals surface area contributed by atoms with Crippen LogP contribution in [0.25, 0.3) is 21.3 Å². The molecule has 1 N–H and O–H groups in total. The molecule has 30 heavy (non-hydrogen) atoms. The number of nitrogens with one attached hydrogen (secondary N) is 1. The Bertz CT molecular complexity index is 1300. The monoisotopic (exact) mass is 439 g/mol. The highest BCUT2D eigenvalue weighted by atomic mass is 32.2. The van der Waals surface area contributed by atoms with Crippen molar-refractivity contribution in [3.63, 3.8) is 0 Å². The molecular weight excluding hydrogens is 421 g/mol. The Morgan fingerprint density at radius 3 is 2.77 bits per heavy atom. The van der Waals surface area contributed by atoms with E-state index in [0.717, 1.165) is 16.7 Å². The average Bonchev–Trinajstić information content (AvgIpc) is 3.17. The van der Waals surface area contributed by atoms with Crippen molar-refractivity contribution in [2.45, 2.75) is 12.1 Å². The maximum Gasteiger partial charge on any atom is 0.271 e. The van der Waals surface area contributed by atoms with E-state index in [2.05, 4.69) is 10.3 Å². The minimum atomic E-state index is -0.413. The van der Waals surface area contributed by atoms with E-state index in [9.17, 15) is 14.0 Å². The molecule has 1 amide bonds. The van der Waals surface area contributed by atoms with Crippen molar-refractivity contribution in [3.05, 3.63) is 75.6 Å². The Morgan fingerprint density at radius 1 is 1.23 bits per heavy atom. The average molecular weight is 440 g/mol. The fraction of sp³-hybridized carbons (Fsp3) is 0.136. The van der Waals surface area contributed by atoms with Crippen molar-refractivity contribution in [1.82, 2.24) is 9.55 Å². The lowest BCUT2D eigenvalue weighted by Crippen LogP contribution is -2.21. The molecule has 0 spiro atoms. The molecule has 152 valence electrons. The lowest BCUT2D eigenvalue weighted by molar-refractivity contribution is -0.113. The summed E-state index contributed by atoms with van der Waals surface area (Å²) in [5.41, 5.74) is 3.58. The van der Waals surface area contributed by atoms with Gasteiger partial charge in [-0.1, -0.05) is 48.2 Å². The number of nitrogens with zero attached hydrogens (tertiary/aromatic N) is 2. The second kappa shape index (κ2) is 8.41. The Kier molecular flexibility index (Phi) is 5.69. The number of thioether (sulfide) groups is 1. The lowest BCUT2D eigenvalue weighted by atomic mass is 10.1. The summed E-state index contributed by atoms with van der Waals surface area (Å²) in [7, 11) is 1.65. The minimum absolute atomic E-state index is 0.0482. The van der Waals surface area contributed by atoms with E-state index in [-0.39, 0.29) is 17.2 Å². The molecule has 0 radical (unpaired) electrons. The number of anilines is 1. The van der Waals surface area contributed by atoms with Crippen molar-refractivity contribution in [1.29, 1.82) is 0 Å². The molecular formula is C22H18FN3O2S2. The van der Waals surface area contributed by atoms with E-state index in [4.69, 9.17) is 0 Å². The van der Waals surface area contributed by atoms with Gasteiger partial charge in [-0.3, -0.25) is 14.2 Å². The zero-order valence-electron chi connectivity index (χ0n) is 16.3. The van der Waals surface area contributed by atoms with Crippen LogP contribution in [-0.2, 0) is 11.8 Å². The highest BCUT2D eigenvalue weighted by Crippen LogP contribution is 2.32. The van der Waals surface area contributed by atoms with E-state index in [1.165, 1.54) is 39.8 Å². The summed E-state index contributed by atoms with van der Waals surface area (Å²) in [6.07, 6.45) is 0. The van der Waals surface area contributed by atoms with Crippen LogP contribution in [0.5, 0.6) is 0 Å². The van der Waals surface area contributed by atoms with Gasteiger partial charge in [0.15, 0.2) is 5.16 Å². The van der Waals surface area contributed by atoms with E-state index >= 15 is 0 Å². The molecule has 0 aliphatic carbocycles. The number of carbonyl (C=O) groups excluding carboxylic acids is 1. The van der Waals surface area contributed by atoms with Crippen molar-refractivity contribution in [2.24, 2.45) is 7.05 Å². The molecule has 4 aromatic rings. The van der Waals surface area contributed by atoms with Gasteiger partial charge < -0.3 is 5.32 Å². The molecule has 2 aromatic heterocycles. The number of carbonyl (C=O) groups is 1. The quantitative estimate of drug-likeness (QED) is 0.357. The molecule has 0 saturated heterocycles. The summed E-state index contributed by atoms with van der Waals surface area (Å²) in [5, 5.41) is 5.10. The van der Waals surface area contributed by atoms with E-state index in [1.807, 2.05) is 35.7 Å². The van der Waals surface area contributed by atoms with Crippen LogP contribution in [0.1, 0.15) is 5.56 Å². The van der Waals surface area contributed by atoms with Crippen LogP contribution in [0.15, 0.2) is 63.9 Å². The van der Waals surface area contributed by atoms with Gasteiger partial charge in [0.1, 0.15) is 10.5 Å². The van der Waals surface area contributed by atoms with Crippen LogP contribution < -0.4 is 10.9 Å². The topological polar surface area (TPSA) is 64.0 Å². The molecule has 0 bridgehead atoms. The first-order chi connectivity index (χ1) is 14.4. The molecule has 4 rings (SSSR count). The number of fused-ring (bicyclic) bond motifs is 1. The van der Waals surface area contributed by atoms with Crippen LogP contribution >= 0.6 is 23.1 Å². The van der Waals surface area contributed by atoms with Crippen molar-refractivity contribution >= 4 is 44.9 Å². The maximum atomic E-state index is 13.4. The summed E-state index contributed by atoms with van der Waals surface area (Å²) in [6, 6.07) is 14.0. The fourth-order valence-electron chi connectivity index (χ4n) is 3.02. The normalized spacial score (nSPS) is 11.0. The number of rotatable bonds is 5. The maximum absolute atomic E-state index is 13.4. The highest BCUT2D eigenvalue weighted by molar-refractivity contribution is 7.99. The van der Waals surface area contributed by atoms with Crippen molar-refractivity contribution in [3.8, 4) is 11.1 Å². The predicted octanol–water partition coefficient (Wildman–Crippen LogP) is 4.84. The number of hydrogen-bond acceptors (Lipinski definition) is 5. The zero-order valence-corrected chi connectivity index (χ0v) is 17.9. The van der Waals surface area contributed by atoms with Gasteiger partial charge in [0.2, 0.25) is 5.91 Å². The number of aromatic nitrogens is 2. The van der Waals surface area contributed by atoms with Gasteiger partial charge >= 0.3 is 0 Å². The van der Waals surface area contributed by atoms with Gasteiger partial charge in [-0.25, -0.2) is 9.37 Å². The highest BCUT2D eigenvalue weighted by Gasteiger charge is 2.16. The van der Waals surface area contributed by atoms with Crippen LogP contribution in [0, 0.1) is 12.7 Å². The summed E-state index contributed by atoms with van der Waals surface area (Å²) in [6.45, 7) is 1.79. The molecule has 0 fully saturated rings. The number of aryl methyl sites for hydroxylation is 1. The number of benzene rings is 2. The van der Waals surface area contributed by atoms with E-state index in [0.29, 0.717) is 21.1 Å².